The van der Waals surface area contributed by atoms with Crippen LogP contribution >= 0.6 is 22.9 Å². The predicted molar refractivity (Wildman–Crippen MR) is 85.1 cm³/mol. The minimum atomic E-state index is 0.594. The highest BCUT2D eigenvalue weighted by atomic mass is 32.1. The van der Waals surface area contributed by atoms with Crippen molar-refractivity contribution in [3.8, 4) is 10.6 Å². The van der Waals surface area contributed by atoms with Crippen molar-refractivity contribution in [1.29, 1.82) is 0 Å². The molecular weight excluding hydrogens is 276 g/mol. The molecule has 0 saturated carbocycles. The van der Waals surface area contributed by atoms with Crippen LogP contribution in [0.2, 0.25) is 0 Å². The Balaban J connectivity index is 2.41. The molecule has 2 heterocycles. The topological polar surface area (TPSA) is 55.0 Å². The molecule has 0 atom stereocenters. The number of aryl methyl sites for hydroxylation is 1. The molecule has 0 aromatic carbocycles. The second-order valence-electron chi connectivity index (χ2n) is 4.97. The van der Waals surface area contributed by atoms with Gasteiger partial charge >= 0.3 is 0 Å². The number of hydrogen-bond acceptors (Lipinski definition) is 6. The smallest absolute Gasteiger partial charge is 0.149 e. The van der Waals surface area contributed by atoms with Gasteiger partial charge in [-0.05, 0) is 31.3 Å². The molecule has 19 heavy (non-hydrogen) atoms. The van der Waals surface area contributed by atoms with Crippen LogP contribution in [-0.4, -0.2) is 22.4 Å². The van der Waals surface area contributed by atoms with Gasteiger partial charge < -0.3 is 10.6 Å². The Hall–Kier alpha value is -1.14. The number of anilines is 2. The van der Waals surface area contributed by atoms with E-state index in [9.17, 15) is 0 Å². The van der Waals surface area contributed by atoms with Gasteiger partial charge in [0.25, 0.3) is 0 Å². The zero-order valence-electron chi connectivity index (χ0n) is 11.8. The van der Waals surface area contributed by atoms with Crippen LogP contribution in [0.1, 0.15) is 26.5 Å². The SMILES string of the molecule is CCN(CC(C)C)c1snc(N)c1-c1nc(C)cs1. The van der Waals surface area contributed by atoms with Crippen molar-refractivity contribution in [2.75, 3.05) is 23.7 Å². The summed E-state index contributed by atoms with van der Waals surface area (Å²) in [4.78, 5) is 6.89. The zero-order chi connectivity index (χ0) is 14.0. The van der Waals surface area contributed by atoms with Gasteiger partial charge in [0.15, 0.2) is 0 Å². The Morgan fingerprint density at radius 2 is 2.16 bits per heavy atom. The van der Waals surface area contributed by atoms with Gasteiger partial charge in [-0.1, -0.05) is 13.8 Å². The summed E-state index contributed by atoms with van der Waals surface area (Å²) < 4.78 is 4.32. The Kier molecular flexibility index (Phi) is 4.42. The average molecular weight is 296 g/mol. The molecule has 2 rings (SSSR count). The van der Waals surface area contributed by atoms with E-state index in [4.69, 9.17) is 5.73 Å². The molecule has 0 amide bonds. The number of nitrogens with zero attached hydrogens (tertiary/aromatic N) is 3. The van der Waals surface area contributed by atoms with Gasteiger partial charge in [-0.15, -0.1) is 11.3 Å². The van der Waals surface area contributed by atoms with E-state index in [0.717, 1.165) is 34.4 Å². The number of rotatable bonds is 5. The second kappa shape index (κ2) is 5.88. The van der Waals surface area contributed by atoms with Crippen LogP contribution in [0.15, 0.2) is 5.38 Å². The molecule has 4 nitrogen and oxygen atoms in total. The summed E-state index contributed by atoms with van der Waals surface area (Å²) in [6.45, 7) is 10.6. The molecule has 0 aliphatic rings. The first-order valence-corrected chi connectivity index (χ1v) is 8.10. The minimum absolute atomic E-state index is 0.594. The monoisotopic (exact) mass is 296 g/mol. The third-order valence-corrected chi connectivity index (χ3v) is 4.69. The standard InChI is InChI=1S/C13H20N4S2/c1-5-17(6-8(2)3)13-10(11(14)16-19-13)12-15-9(4)7-18-12/h7-8H,5-6H2,1-4H3,(H2,14,16). The third-order valence-electron chi connectivity index (χ3n) is 2.79. The van der Waals surface area contributed by atoms with Gasteiger partial charge in [0.2, 0.25) is 0 Å². The molecule has 104 valence electrons. The highest BCUT2D eigenvalue weighted by Crippen LogP contribution is 2.40. The summed E-state index contributed by atoms with van der Waals surface area (Å²) in [5.74, 6) is 1.20. The maximum atomic E-state index is 6.05. The fourth-order valence-electron chi connectivity index (χ4n) is 1.98. The van der Waals surface area contributed by atoms with Crippen molar-refractivity contribution in [3.05, 3.63) is 11.1 Å². The van der Waals surface area contributed by atoms with Crippen LogP contribution in [0.25, 0.3) is 10.6 Å². The van der Waals surface area contributed by atoms with Crippen LogP contribution in [0.4, 0.5) is 10.8 Å². The Labute approximate surface area is 122 Å². The third kappa shape index (κ3) is 3.06. The number of thiazole rings is 1. The second-order valence-corrected chi connectivity index (χ2v) is 6.58. The summed E-state index contributed by atoms with van der Waals surface area (Å²) >= 11 is 3.10. The number of aromatic nitrogens is 2. The molecule has 2 aromatic heterocycles. The quantitative estimate of drug-likeness (QED) is 0.915. The van der Waals surface area contributed by atoms with E-state index in [2.05, 4.69) is 40.4 Å². The molecule has 0 fully saturated rings. The predicted octanol–water partition coefficient (Wildman–Crippen LogP) is 3.64. The van der Waals surface area contributed by atoms with Crippen LogP contribution in [0, 0.1) is 12.8 Å². The van der Waals surface area contributed by atoms with E-state index in [1.807, 2.05) is 6.92 Å². The van der Waals surface area contributed by atoms with Gasteiger partial charge in [-0.2, -0.15) is 4.37 Å². The molecule has 6 heteroatoms. The van der Waals surface area contributed by atoms with Gasteiger partial charge in [0.1, 0.15) is 15.8 Å². The van der Waals surface area contributed by atoms with Crippen molar-refractivity contribution in [3.63, 3.8) is 0 Å². The highest BCUT2D eigenvalue weighted by Gasteiger charge is 2.21. The molecule has 0 aliphatic heterocycles. The summed E-state index contributed by atoms with van der Waals surface area (Å²) in [5, 5.41) is 4.17. The lowest BCUT2D eigenvalue weighted by Crippen LogP contribution is -2.26. The number of nitrogen functional groups attached to an aromatic ring is 1. The molecule has 0 spiro atoms. The first-order chi connectivity index (χ1) is 9.02. The molecule has 2 aromatic rings. The average Bonchev–Trinajstić information content (AvgIpc) is 2.92. The van der Waals surface area contributed by atoms with Gasteiger partial charge in [0.05, 0.1) is 5.56 Å². The van der Waals surface area contributed by atoms with E-state index in [1.54, 1.807) is 11.3 Å². The molecule has 0 bridgehead atoms. The zero-order valence-corrected chi connectivity index (χ0v) is 13.4. The lowest BCUT2D eigenvalue weighted by Gasteiger charge is -2.23. The molecule has 0 unspecified atom stereocenters. The van der Waals surface area contributed by atoms with Crippen molar-refractivity contribution >= 4 is 33.7 Å². The van der Waals surface area contributed by atoms with Crippen LogP contribution in [0.3, 0.4) is 0 Å². The number of nitrogens with two attached hydrogens (primary N) is 1. The normalized spacial score (nSPS) is 11.2. The van der Waals surface area contributed by atoms with E-state index < -0.39 is 0 Å². The molecule has 0 aliphatic carbocycles. The fraction of sp³-hybridized carbons (Fsp3) is 0.538. The molecular formula is C13H20N4S2. The van der Waals surface area contributed by atoms with Crippen molar-refractivity contribution in [2.45, 2.75) is 27.7 Å². The van der Waals surface area contributed by atoms with E-state index in [0.29, 0.717) is 11.7 Å². The molecule has 2 N–H and O–H groups in total. The van der Waals surface area contributed by atoms with Gasteiger partial charge in [0, 0.05) is 24.2 Å². The lowest BCUT2D eigenvalue weighted by molar-refractivity contribution is 0.621. The lowest BCUT2D eigenvalue weighted by atomic mass is 10.2. The summed E-state index contributed by atoms with van der Waals surface area (Å²) in [5.41, 5.74) is 8.08. The highest BCUT2D eigenvalue weighted by molar-refractivity contribution is 7.15. The first kappa shape index (κ1) is 14.3. The van der Waals surface area contributed by atoms with E-state index in [-0.39, 0.29) is 0 Å². The van der Waals surface area contributed by atoms with Gasteiger partial charge in [-0.3, -0.25) is 0 Å². The van der Waals surface area contributed by atoms with Crippen LogP contribution < -0.4 is 10.6 Å². The van der Waals surface area contributed by atoms with Crippen LogP contribution in [0.5, 0.6) is 0 Å². The maximum absolute atomic E-state index is 6.05. The van der Waals surface area contributed by atoms with Crippen molar-refractivity contribution < 1.29 is 0 Å². The fourth-order valence-corrected chi connectivity index (χ4v) is 3.78. The maximum Gasteiger partial charge on any atom is 0.149 e. The van der Waals surface area contributed by atoms with Crippen molar-refractivity contribution in [2.24, 2.45) is 5.92 Å². The van der Waals surface area contributed by atoms with E-state index in [1.165, 1.54) is 11.5 Å². The van der Waals surface area contributed by atoms with E-state index >= 15 is 0 Å². The largest absolute Gasteiger partial charge is 0.382 e. The first-order valence-electron chi connectivity index (χ1n) is 6.45. The van der Waals surface area contributed by atoms with Crippen LogP contribution in [-0.2, 0) is 0 Å². The summed E-state index contributed by atoms with van der Waals surface area (Å²) in [7, 11) is 0. The summed E-state index contributed by atoms with van der Waals surface area (Å²) in [6, 6.07) is 0. The summed E-state index contributed by atoms with van der Waals surface area (Å²) in [6.07, 6.45) is 0. The number of hydrogen-bond donors (Lipinski definition) is 1. The Bertz CT molecular complexity index is 545. The molecule has 0 saturated heterocycles. The Morgan fingerprint density at radius 1 is 1.42 bits per heavy atom. The Morgan fingerprint density at radius 3 is 2.68 bits per heavy atom. The van der Waals surface area contributed by atoms with Gasteiger partial charge in [-0.25, -0.2) is 4.98 Å². The van der Waals surface area contributed by atoms with Crippen molar-refractivity contribution in [1.82, 2.24) is 9.36 Å². The minimum Gasteiger partial charge on any atom is -0.382 e. The molecule has 0 radical (unpaired) electrons.